The lowest BCUT2D eigenvalue weighted by atomic mass is 9.80. The van der Waals surface area contributed by atoms with Gasteiger partial charge in [-0.2, -0.15) is 0 Å². The van der Waals surface area contributed by atoms with Crippen LogP contribution >= 0.6 is 0 Å². The smallest absolute Gasteiger partial charge is 0.488 e. The number of ether oxygens (including phenoxy) is 1. The molecule has 0 heterocycles. The number of methoxy groups -OCH3 is 1. The van der Waals surface area contributed by atoms with Gasteiger partial charge in [0.1, 0.15) is 5.75 Å². The van der Waals surface area contributed by atoms with E-state index in [1.54, 1.807) is 0 Å². The molecule has 1 amide bonds. The fourth-order valence-electron chi connectivity index (χ4n) is 1.93. The first-order valence-corrected chi connectivity index (χ1v) is 6.48. The normalized spacial score (nSPS) is 10.0. The molecule has 0 radical (unpaired) electrons. The Morgan fingerprint density at radius 3 is 2.52 bits per heavy atom. The van der Waals surface area contributed by atoms with Crippen LogP contribution < -0.4 is 15.5 Å². The van der Waals surface area contributed by atoms with Gasteiger partial charge in [-0.25, -0.2) is 0 Å². The van der Waals surface area contributed by atoms with E-state index in [9.17, 15) is 4.79 Å². The zero-order valence-corrected chi connectivity index (χ0v) is 11.6. The second-order valence-corrected chi connectivity index (χ2v) is 4.50. The topological polar surface area (TPSA) is 78.8 Å². The molecule has 3 N–H and O–H groups in total. The largest absolute Gasteiger partial charge is 0.496 e. The first-order chi connectivity index (χ1) is 10.1. The first kappa shape index (κ1) is 15.1. The molecule has 0 saturated carbocycles. The average molecular weight is 285 g/mol. The summed E-state index contributed by atoms with van der Waals surface area (Å²) in [5.74, 6) is 0.0147. The van der Waals surface area contributed by atoms with Gasteiger partial charge in [0.25, 0.3) is 5.91 Å². The zero-order valence-electron chi connectivity index (χ0n) is 11.6. The minimum Gasteiger partial charge on any atom is -0.496 e. The number of carbonyl (C=O) groups excluding carboxylic acids is 1. The minimum absolute atomic E-state index is 0.270. The number of hydrogen-bond acceptors (Lipinski definition) is 4. The van der Waals surface area contributed by atoms with E-state index in [1.807, 2.05) is 30.3 Å². The number of hydrogen-bond donors (Lipinski definition) is 3. The van der Waals surface area contributed by atoms with Gasteiger partial charge >= 0.3 is 7.12 Å². The van der Waals surface area contributed by atoms with E-state index in [0.717, 1.165) is 5.56 Å². The standard InChI is InChI=1S/C15H16BNO4/c1-21-14-9-12(16(19)20)7-8-13(14)15(18)17-10-11-5-3-2-4-6-11/h2-9,19-20H,10H2,1H3,(H,17,18). The van der Waals surface area contributed by atoms with Crippen molar-refractivity contribution in [3.8, 4) is 5.75 Å². The molecule has 21 heavy (non-hydrogen) atoms. The highest BCUT2D eigenvalue weighted by molar-refractivity contribution is 6.58. The summed E-state index contributed by atoms with van der Waals surface area (Å²) >= 11 is 0. The molecule has 5 nitrogen and oxygen atoms in total. The Balaban J connectivity index is 2.11. The van der Waals surface area contributed by atoms with Gasteiger partial charge < -0.3 is 20.1 Å². The van der Waals surface area contributed by atoms with Crippen molar-refractivity contribution in [3.63, 3.8) is 0 Å². The summed E-state index contributed by atoms with van der Waals surface area (Å²) in [6, 6.07) is 14.0. The summed E-state index contributed by atoms with van der Waals surface area (Å²) in [5, 5.41) is 21.0. The Hall–Kier alpha value is -2.31. The van der Waals surface area contributed by atoms with Crippen molar-refractivity contribution in [2.24, 2.45) is 0 Å². The molecule has 0 aliphatic heterocycles. The Labute approximate surface area is 123 Å². The predicted molar refractivity (Wildman–Crippen MR) is 80.4 cm³/mol. The molecule has 108 valence electrons. The second-order valence-electron chi connectivity index (χ2n) is 4.50. The van der Waals surface area contributed by atoms with Crippen LogP contribution in [0.5, 0.6) is 5.75 Å². The number of rotatable bonds is 5. The Kier molecular flexibility index (Phi) is 4.97. The predicted octanol–water partition coefficient (Wildman–Crippen LogP) is 0.305. The average Bonchev–Trinajstić information content (AvgIpc) is 2.52. The van der Waals surface area contributed by atoms with Crippen LogP contribution in [0.4, 0.5) is 0 Å². The highest BCUT2D eigenvalue weighted by atomic mass is 16.5. The van der Waals surface area contributed by atoms with Gasteiger partial charge in [0.15, 0.2) is 0 Å². The van der Waals surface area contributed by atoms with Crippen LogP contribution in [0.3, 0.4) is 0 Å². The highest BCUT2D eigenvalue weighted by Crippen LogP contribution is 2.16. The lowest BCUT2D eigenvalue weighted by Crippen LogP contribution is -2.31. The molecule has 2 aromatic rings. The van der Waals surface area contributed by atoms with Gasteiger partial charge in [-0.05, 0) is 23.2 Å². The van der Waals surface area contributed by atoms with Crippen molar-refractivity contribution >= 4 is 18.5 Å². The van der Waals surface area contributed by atoms with Crippen LogP contribution in [0, 0.1) is 0 Å². The van der Waals surface area contributed by atoms with Gasteiger partial charge in [-0.1, -0.05) is 36.4 Å². The summed E-state index contributed by atoms with van der Waals surface area (Å²) < 4.78 is 5.13. The van der Waals surface area contributed by atoms with E-state index in [4.69, 9.17) is 14.8 Å². The lowest BCUT2D eigenvalue weighted by Gasteiger charge is -2.11. The molecular formula is C15H16BNO4. The van der Waals surface area contributed by atoms with E-state index in [1.165, 1.54) is 25.3 Å². The molecule has 6 heteroatoms. The molecule has 0 saturated heterocycles. The van der Waals surface area contributed by atoms with Crippen LogP contribution in [0.15, 0.2) is 48.5 Å². The number of nitrogens with one attached hydrogen (secondary N) is 1. The second kappa shape index (κ2) is 6.92. The van der Waals surface area contributed by atoms with E-state index in [0.29, 0.717) is 17.9 Å². The van der Waals surface area contributed by atoms with Crippen molar-refractivity contribution in [2.45, 2.75) is 6.54 Å². The van der Waals surface area contributed by atoms with E-state index >= 15 is 0 Å². The van der Waals surface area contributed by atoms with Gasteiger partial charge in [0, 0.05) is 6.54 Å². The first-order valence-electron chi connectivity index (χ1n) is 6.48. The number of carbonyl (C=O) groups is 1. The van der Waals surface area contributed by atoms with Crippen molar-refractivity contribution in [1.82, 2.24) is 5.32 Å². The molecule has 0 aromatic heterocycles. The van der Waals surface area contributed by atoms with Crippen molar-refractivity contribution in [1.29, 1.82) is 0 Å². The fourth-order valence-corrected chi connectivity index (χ4v) is 1.93. The van der Waals surface area contributed by atoms with E-state index < -0.39 is 7.12 Å². The molecule has 0 spiro atoms. The fraction of sp³-hybridized carbons (Fsp3) is 0.133. The van der Waals surface area contributed by atoms with Crippen LogP contribution in [-0.2, 0) is 6.54 Å². The molecule has 0 unspecified atom stereocenters. The third-order valence-corrected chi connectivity index (χ3v) is 3.06. The van der Waals surface area contributed by atoms with Crippen LogP contribution in [-0.4, -0.2) is 30.2 Å². The molecule has 0 bridgehead atoms. The maximum Gasteiger partial charge on any atom is 0.488 e. The quantitative estimate of drug-likeness (QED) is 0.691. The molecule has 2 rings (SSSR count). The van der Waals surface area contributed by atoms with Crippen LogP contribution in [0.25, 0.3) is 0 Å². The van der Waals surface area contributed by atoms with E-state index in [2.05, 4.69) is 5.32 Å². The van der Waals surface area contributed by atoms with Gasteiger partial charge in [-0.3, -0.25) is 4.79 Å². The minimum atomic E-state index is -1.60. The highest BCUT2D eigenvalue weighted by Gasteiger charge is 2.17. The number of amides is 1. The van der Waals surface area contributed by atoms with Crippen LogP contribution in [0.2, 0.25) is 0 Å². The Bertz CT molecular complexity index is 616. The summed E-state index contributed by atoms with van der Waals surface area (Å²) in [7, 11) is -0.169. The molecule has 2 aromatic carbocycles. The third-order valence-electron chi connectivity index (χ3n) is 3.06. The SMILES string of the molecule is COc1cc(B(O)O)ccc1C(=O)NCc1ccccc1. The maximum atomic E-state index is 12.2. The monoisotopic (exact) mass is 285 g/mol. The van der Waals surface area contributed by atoms with Crippen molar-refractivity contribution < 1.29 is 19.6 Å². The van der Waals surface area contributed by atoms with Crippen LogP contribution in [0.1, 0.15) is 15.9 Å². The summed E-state index contributed by atoms with van der Waals surface area (Å²) in [4.78, 5) is 12.2. The maximum absolute atomic E-state index is 12.2. The molecule has 0 fully saturated rings. The molecule has 0 aliphatic rings. The van der Waals surface area contributed by atoms with Gasteiger partial charge in [0.2, 0.25) is 0 Å². The summed E-state index contributed by atoms with van der Waals surface area (Å²) in [6.45, 7) is 0.410. The number of benzene rings is 2. The third kappa shape index (κ3) is 3.84. The summed E-state index contributed by atoms with van der Waals surface area (Å²) in [5.41, 5.74) is 1.61. The molecule has 0 atom stereocenters. The summed E-state index contributed by atoms with van der Waals surface area (Å²) in [6.07, 6.45) is 0. The van der Waals surface area contributed by atoms with Gasteiger partial charge in [0.05, 0.1) is 12.7 Å². The van der Waals surface area contributed by atoms with Crippen molar-refractivity contribution in [3.05, 3.63) is 59.7 Å². The molecule has 0 aliphatic carbocycles. The van der Waals surface area contributed by atoms with E-state index in [-0.39, 0.29) is 11.4 Å². The Morgan fingerprint density at radius 2 is 1.90 bits per heavy atom. The molecular weight excluding hydrogens is 269 g/mol. The Morgan fingerprint density at radius 1 is 1.19 bits per heavy atom. The lowest BCUT2D eigenvalue weighted by molar-refractivity contribution is 0.0948. The van der Waals surface area contributed by atoms with Crippen molar-refractivity contribution in [2.75, 3.05) is 7.11 Å². The zero-order chi connectivity index (χ0) is 15.2. The van der Waals surface area contributed by atoms with Gasteiger partial charge in [-0.15, -0.1) is 0 Å².